The smallest absolute Gasteiger partial charge is 0.293 e. The predicted octanol–water partition coefficient (Wildman–Crippen LogP) is 3.27. The highest BCUT2D eigenvalue weighted by molar-refractivity contribution is 7.80. The molecule has 2 aliphatic rings. The average Bonchev–Trinajstić information content (AvgIpc) is 2.93. The molecule has 0 atom stereocenters. The number of hydrogen-bond donors (Lipinski definition) is 2. The zero-order valence-corrected chi connectivity index (χ0v) is 22.5. The van der Waals surface area contributed by atoms with Gasteiger partial charge in [-0.25, -0.2) is 0 Å². The molecule has 0 spiro atoms. The first kappa shape index (κ1) is 27.6. The number of nitrogens with one attached hydrogen (secondary N) is 2. The Hall–Kier alpha value is -3.48. The Kier molecular flexibility index (Phi) is 8.97. The number of benzene rings is 2. The molecule has 2 aromatic carbocycles. The first-order valence-electron chi connectivity index (χ1n) is 12.3. The van der Waals surface area contributed by atoms with Crippen LogP contribution < -0.4 is 20.4 Å². The Morgan fingerprint density at radius 2 is 1.68 bits per heavy atom. The molecular formula is C25H29ClN6O5S. The lowest BCUT2D eigenvalue weighted by molar-refractivity contribution is -0.384. The molecule has 202 valence electrons. The predicted molar refractivity (Wildman–Crippen MR) is 150 cm³/mol. The molecule has 2 aromatic rings. The number of carbonyl (C=O) groups is 2. The van der Waals surface area contributed by atoms with E-state index in [0.717, 1.165) is 5.69 Å². The Morgan fingerprint density at radius 1 is 1.03 bits per heavy atom. The van der Waals surface area contributed by atoms with Gasteiger partial charge in [-0.15, -0.1) is 0 Å². The number of amides is 2. The largest absolute Gasteiger partial charge is 0.378 e. The van der Waals surface area contributed by atoms with E-state index < -0.39 is 10.8 Å². The van der Waals surface area contributed by atoms with Crippen LogP contribution >= 0.6 is 23.8 Å². The minimum absolute atomic E-state index is 0.0328. The number of thiocarbonyl (C=S) groups is 1. The minimum Gasteiger partial charge on any atom is -0.378 e. The van der Waals surface area contributed by atoms with E-state index in [1.807, 2.05) is 22.8 Å². The second-order valence-electron chi connectivity index (χ2n) is 8.86. The van der Waals surface area contributed by atoms with Crippen LogP contribution in [-0.4, -0.2) is 79.2 Å². The van der Waals surface area contributed by atoms with Crippen molar-refractivity contribution in [3.05, 3.63) is 57.1 Å². The first-order chi connectivity index (χ1) is 18.3. The van der Waals surface area contributed by atoms with Crippen molar-refractivity contribution in [3.8, 4) is 0 Å². The van der Waals surface area contributed by atoms with Gasteiger partial charge < -0.3 is 24.8 Å². The van der Waals surface area contributed by atoms with E-state index in [4.69, 9.17) is 28.6 Å². The fraction of sp³-hybridized carbons (Fsp3) is 0.400. The molecule has 4 rings (SSSR count). The standard InChI is InChI=1S/C25H29ClN6O5S/c1-2-23(33)31-9-7-29(8-10-31)20-6-4-18(16-19(20)26)27-25(38)28-24(34)17-3-5-21(22(15-17)32(35)36)30-11-13-37-14-12-30/h3-6,15-16H,2,7-14H2,1H3,(H2,27,28,34,38). The monoisotopic (exact) mass is 560 g/mol. The van der Waals surface area contributed by atoms with Crippen LogP contribution in [0.3, 0.4) is 0 Å². The van der Waals surface area contributed by atoms with Crippen molar-refractivity contribution in [2.75, 3.05) is 67.6 Å². The molecule has 2 saturated heterocycles. The summed E-state index contributed by atoms with van der Waals surface area (Å²) in [5.74, 6) is -0.421. The Morgan fingerprint density at radius 3 is 2.32 bits per heavy atom. The molecule has 0 aliphatic carbocycles. The molecule has 13 heteroatoms. The van der Waals surface area contributed by atoms with Crippen molar-refractivity contribution in [3.63, 3.8) is 0 Å². The van der Waals surface area contributed by atoms with Crippen molar-refractivity contribution in [2.24, 2.45) is 0 Å². The van der Waals surface area contributed by atoms with Gasteiger partial charge in [0.1, 0.15) is 5.69 Å². The maximum Gasteiger partial charge on any atom is 0.293 e. The third-order valence-corrected chi connectivity index (χ3v) is 7.00. The van der Waals surface area contributed by atoms with Crippen molar-refractivity contribution in [1.82, 2.24) is 10.2 Å². The van der Waals surface area contributed by atoms with E-state index in [2.05, 4.69) is 15.5 Å². The quantitative estimate of drug-likeness (QED) is 0.311. The number of nitro groups is 1. The number of rotatable bonds is 6. The summed E-state index contributed by atoms with van der Waals surface area (Å²) < 4.78 is 5.32. The summed E-state index contributed by atoms with van der Waals surface area (Å²) in [5.41, 5.74) is 1.84. The summed E-state index contributed by atoms with van der Waals surface area (Å²) in [6, 6.07) is 9.73. The molecule has 38 heavy (non-hydrogen) atoms. The summed E-state index contributed by atoms with van der Waals surface area (Å²) in [6.45, 7) is 6.56. The topological polar surface area (TPSA) is 120 Å². The lowest BCUT2D eigenvalue weighted by atomic mass is 10.1. The van der Waals surface area contributed by atoms with Crippen molar-refractivity contribution in [1.29, 1.82) is 0 Å². The minimum atomic E-state index is -0.568. The van der Waals surface area contributed by atoms with Gasteiger partial charge in [-0.1, -0.05) is 18.5 Å². The van der Waals surface area contributed by atoms with Gasteiger partial charge in [-0.05, 0) is 42.5 Å². The van der Waals surface area contributed by atoms with Crippen LogP contribution in [-0.2, 0) is 9.53 Å². The Balaban J connectivity index is 1.37. The molecule has 0 unspecified atom stereocenters. The van der Waals surface area contributed by atoms with Gasteiger partial charge in [0.25, 0.3) is 11.6 Å². The molecule has 0 saturated carbocycles. The summed E-state index contributed by atoms with van der Waals surface area (Å²) in [5, 5.41) is 17.7. The molecular weight excluding hydrogens is 532 g/mol. The van der Waals surface area contributed by atoms with Crippen molar-refractivity contribution in [2.45, 2.75) is 13.3 Å². The second-order valence-corrected chi connectivity index (χ2v) is 9.67. The number of morpholine rings is 1. The number of carbonyl (C=O) groups excluding carboxylic acids is 2. The van der Waals surface area contributed by atoms with Crippen LogP contribution in [0.1, 0.15) is 23.7 Å². The maximum atomic E-state index is 12.8. The SMILES string of the molecule is CCC(=O)N1CCN(c2ccc(NC(=S)NC(=O)c3ccc(N4CCOCC4)c([N+](=O)[O-])c3)cc2Cl)CC1. The normalized spacial score (nSPS) is 15.7. The molecule has 2 aliphatic heterocycles. The molecule has 11 nitrogen and oxygen atoms in total. The molecule has 2 heterocycles. The maximum absolute atomic E-state index is 12.8. The number of nitrogens with zero attached hydrogens (tertiary/aromatic N) is 4. The Bertz CT molecular complexity index is 1230. The number of hydrogen-bond acceptors (Lipinski definition) is 8. The number of anilines is 3. The summed E-state index contributed by atoms with van der Waals surface area (Å²) in [4.78, 5) is 41.7. The molecule has 0 aromatic heterocycles. The number of nitro benzene ring substituents is 1. The van der Waals surface area contributed by atoms with Crippen LogP contribution in [0.25, 0.3) is 0 Å². The van der Waals surface area contributed by atoms with E-state index in [1.165, 1.54) is 12.1 Å². The average molecular weight is 561 g/mol. The second kappa shape index (κ2) is 12.4. The van der Waals surface area contributed by atoms with E-state index in [1.54, 1.807) is 18.2 Å². The van der Waals surface area contributed by atoms with E-state index in [9.17, 15) is 19.7 Å². The highest BCUT2D eigenvalue weighted by atomic mass is 35.5. The summed E-state index contributed by atoms with van der Waals surface area (Å²) in [6.07, 6.45) is 0.494. The number of halogens is 1. The van der Waals surface area contributed by atoms with Gasteiger partial charge in [-0.2, -0.15) is 0 Å². The third kappa shape index (κ3) is 6.50. The van der Waals surface area contributed by atoms with Crippen molar-refractivity contribution < 1.29 is 19.2 Å². The fourth-order valence-corrected chi connectivity index (χ4v) is 4.99. The first-order valence-corrected chi connectivity index (χ1v) is 13.1. The van der Waals surface area contributed by atoms with Crippen LogP contribution in [0.5, 0.6) is 0 Å². The van der Waals surface area contributed by atoms with E-state index in [-0.39, 0.29) is 22.3 Å². The highest BCUT2D eigenvalue weighted by Gasteiger charge is 2.24. The van der Waals surface area contributed by atoms with Crippen LogP contribution in [0.4, 0.5) is 22.7 Å². The van der Waals surface area contributed by atoms with Gasteiger partial charge in [0.05, 0.1) is 28.8 Å². The van der Waals surface area contributed by atoms with E-state index >= 15 is 0 Å². The molecule has 2 N–H and O–H groups in total. The zero-order valence-electron chi connectivity index (χ0n) is 20.9. The summed E-state index contributed by atoms with van der Waals surface area (Å²) >= 11 is 11.8. The van der Waals surface area contributed by atoms with E-state index in [0.29, 0.717) is 75.3 Å². The van der Waals surface area contributed by atoms with Gasteiger partial charge in [-0.3, -0.25) is 25.0 Å². The third-order valence-electron chi connectivity index (χ3n) is 6.49. The molecule has 2 amide bonds. The molecule has 0 radical (unpaired) electrons. The lowest BCUT2D eigenvalue weighted by Gasteiger charge is -2.36. The zero-order chi connectivity index (χ0) is 27.2. The van der Waals surface area contributed by atoms with Crippen molar-refractivity contribution >= 4 is 63.5 Å². The number of ether oxygens (including phenoxy) is 1. The lowest BCUT2D eigenvalue weighted by Crippen LogP contribution is -2.48. The van der Waals surface area contributed by atoms with Gasteiger partial charge in [0.2, 0.25) is 5.91 Å². The van der Waals surface area contributed by atoms with Gasteiger partial charge in [0.15, 0.2) is 5.11 Å². The van der Waals surface area contributed by atoms with Crippen LogP contribution in [0.15, 0.2) is 36.4 Å². The summed E-state index contributed by atoms with van der Waals surface area (Å²) in [7, 11) is 0. The number of piperazine rings is 1. The fourth-order valence-electron chi connectivity index (χ4n) is 4.48. The van der Waals surface area contributed by atoms with Crippen LogP contribution in [0, 0.1) is 10.1 Å². The van der Waals surface area contributed by atoms with Gasteiger partial charge >= 0.3 is 0 Å². The molecule has 2 fully saturated rings. The Labute approximate surface area is 230 Å². The highest BCUT2D eigenvalue weighted by Crippen LogP contribution is 2.31. The van der Waals surface area contributed by atoms with Gasteiger partial charge in [0, 0.05) is 63.0 Å². The molecule has 0 bridgehead atoms. The van der Waals surface area contributed by atoms with Crippen LogP contribution in [0.2, 0.25) is 5.02 Å².